The minimum absolute atomic E-state index is 0. The summed E-state index contributed by atoms with van der Waals surface area (Å²) in [6.45, 7) is 18.8. The van der Waals surface area contributed by atoms with Crippen LogP contribution in [-0.2, 0) is 0 Å². The lowest BCUT2D eigenvalue weighted by molar-refractivity contribution is -0.0000204. The van der Waals surface area contributed by atoms with Crippen molar-refractivity contribution >= 4 is 26.8 Å². The molecule has 0 radical (unpaired) electrons. The molecule has 0 aliphatic carbocycles. The zero-order chi connectivity index (χ0) is 63.3. The predicted octanol–water partition coefficient (Wildman–Crippen LogP) is 21.3. The average molecular weight is 1230 g/mol. The molecule has 0 atom stereocenters. The Morgan fingerprint density at radius 3 is 0.365 bits per heavy atom. The van der Waals surface area contributed by atoms with Gasteiger partial charge in [0.25, 0.3) is 0 Å². The molecule has 0 amide bonds. The third-order valence-electron chi connectivity index (χ3n) is 17.4. The van der Waals surface area contributed by atoms with Gasteiger partial charge in [-0.3, -0.25) is 0 Å². The maximum absolute atomic E-state index is 8.09. The van der Waals surface area contributed by atoms with Crippen LogP contribution in [-0.4, -0.2) is 61.6 Å². The lowest BCUT2D eigenvalue weighted by Crippen LogP contribution is -3.00. The molecule has 0 spiro atoms. The van der Waals surface area contributed by atoms with Crippen molar-refractivity contribution in [1.82, 2.24) is 0 Å². The Hall–Kier alpha value is -2.80. The van der Waals surface area contributed by atoms with Crippen LogP contribution in [0.5, 0.6) is 0 Å². The van der Waals surface area contributed by atoms with E-state index in [0.29, 0.717) is 0 Å². The molecule has 0 N–H and O–H groups in total. The van der Waals surface area contributed by atoms with Gasteiger partial charge in [-0.15, -0.1) is 47.7 Å². The second kappa shape index (κ2) is 71.9. The van der Waals surface area contributed by atoms with Crippen molar-refractivity contribution in [3.63, 3.8) is 0 Å². The molecule has 0 aliphatic heterocycles. The van der Waals surface area contributed by atoms with Gasteiger partial charge in [0.1, 0.15) is 0 Å². The fraction of sp³-hybridized carbons (Fsp3) is 0.889. The Morgan fingerprint density at radius 1 is 0.176 bits per heavy atom. The molecular formula is C72H136B2ClN8P2-. The van der Waals surface area contributed by atoms with E-state index in [9.17, 15) is 0 Å². The van der Waals surface area contributed by atoms with Gasteiger partial charge in [0.2, 0.25) is 0 Å². The zero-order valence-electron chi connectivity index (χ0n) is 57.6. The van der Waals surface area contributed by atoms with Crippen LogP contribution < -0.4 is 12.4 Å². The molecule has 0 saturated heterocycles. The van der Waals surface area contributed by atoms with E-state index >= 15 is 0 Å². The summed E-state index contributed by atoms with van der Waals surface area (Å²) in [4.78, 5) is 0. The maximum atomic E-state index is 8.09. The Bertz CT molecular complexity index is 1470. The summed E-state index contributed by atoms with van der Waals surface area (Å²) in [5.41, 5.74) is 0. The maximum Gasteiger partial charge on any atom is 0.383 e. The van der Waals surface area contributed by atoms with Crippen LogP contribution in [0.2, 0.25) is 0 Å². The van der Waals surface area contributed by atoms with Crippen molar-refractivity contribution < 1.29 is 12.4 Å². The number of nitriles is 8. The van der Waals surface area contributed by atoms with E-state index in [1.165, 1.54) is 305 Å². The van der Waals surface area contributed by atoms with E-state index in [2.05, 4.69) is 55.4 Å². The molecule has 0 fully saturated rings. The van der Waals surface area contributed by atoms with Crippen molar-refractivity contribution in [2.24, 2.45) is 0 Å². The van der Waals surface area contributed by atoms with Gasteiger partial charge in [-0.05, 0) is 103 Å². The van der Waals surface area contributed by atoms with Crippen LogP contribution in [0.25, 0.3) is 0 Å². The lowest BCUT2D eigenvalue weighted by Gasteiger charge is -2.28. The van der Waals surface area contributed by atoms with E-state index < -0.39 is 26.8 Å². The first kappa shape index (κ1) is 90.9. The highest BCUT2D eigenvalue weighted by atomic mass is 35.5. The van der Waals surface area contributed by atoms with Gasteiger partial charge < -0.3 is 12.4 Å². The summed E-state index contributed by atoms with van der Waals surface area (Å²) in [6.07, 6.45) is 78.7. The summed E-state index contributed by atoms with van der Waals surface area (Å²) in [6, 6.07) is 0. The van der Waals surface area contributed by atoms with E-state index in [1.807, 2.05) is 0 Å². The third kappa shape index (κ3) is 58.6. The predicted molar refractivity (Wildman–Crippen MR) is 376 cm³/mol. The van der Waals surface area contributed by atoms with E-state index in [1.54, 1.807) is 101 Å². The quantitative estimate of drug-likeness (QED) is 0.0326. The molecule has 488 valence electrons. The number of unbranched alkanes of at least 4 members (excludes halogenated alkanes) is 40. The second-order valence-corrected chi connectivity index (χ2v) is 34.3. The van der Waals surface area contributed by atoms with Crippen LogP contribution >= 0.6 is 14.5 Å². The van der Waals surface area contributed by atoms with Gasteiger partial charge in [-0.1, -0.05) is 261 Å². The van der Waals surface area contributed by atoms with Gasteiger partial charge >= 0.3 is 12.3 Å². The molecule has 85 heavy (non-hydrogen) atoms. The van der Waals surface area contributed by atoms with Crippen LogP contribution in [0.15, 0.2) is 0 Å². The Labute approximate surface area is 538 Å². The molecule has 0 unspecified atom stereocenters. The summed E-state index contributed by atoms with van der Waals surface area (Å²) in [7, 11) is -1.39. The minimum Gasteiger partial charge on any atom is -1.00 e. The Morgan fingerprint density at radius 2 is 0.271 bits per heavy atom. The number of rotatable bonds is 56. The summed E-state index contributed by atoms with van der Waals surface area (Å²) >= 11 is 0. The van der Waals surface area contributed by atoms with Gasteiger partial charge in [-0.2, -0.15) is 0 Å². The standard InChI is InChI=1S/2C32H68P.2C4BN4.ClH/c2*1-5-9-13-17-18-19-20-21-22-23-24-28-32-33(29-25-14-10-6-2,30-26-15-11-7-3)31-27-16-12-8-4;2*6-1-5(2-7,3-8)4-9;/h2*5-32H2,1-4H3;;;1H/q2*+1;2*-1;/p-1. The Balaban J connectivity index is -0.000000384. The minimum atomic E-state index is -2.72. The highest BCUT2D eigenvalue weighted by Gasteiger charge is 2.36. The summed E-state index contributed by atoms with van der Waals surface area (Å²) in [5.74, 6) is 10.8. The number of nitrogens with zero attached hydrogens (tertiary/aromatic N) is 8. The van der Waals surface area contributed by atoms with Crippen molar-refractivity contribution in [2.45, 2.75) is 364 Å². The van der Waals surface area contributed by atoms with Crippen molar-refractivity contribution in [2.75, 3.05) is 49.3 Å². The lowest BCUT2D eigenvalue weighted by atomic mass is 9.30. The Kier molecular flexibility index (Phi) is 77.0. The van der Waals surface area contributed by atoms with Gasteiger partial charge in [-0.25, -0.2) is 42.1 Å². The van der Waals surface area contributed by atoms with E-state index in [0.717, 1.165) is 0 Å². The normalized spacial score (nSPS) is 10.9. The van der Waals surface area contributed by atoms with E-state index in [-0.39, 0.29) is 12.4 Å². The first-order valence-electron chi connectivity index (χ1n) is 36.3. The second-order valence-electron chi connectivity index (χ2n) is 25.4. The monoisotopic (exact) mass is 1230 g/mol. The number of halogens is 1. The highest BCUT2D eigenvalue weighted by Crippen LogP contribution is 2.62. The topological polar surface area (TPSA) is 190 Å². The summed E-state index contributed by atoms with van der Waals surface area (Å²) in [5, 5.41) is 64.7. The molecule has 0 aromatic heterocycles. The van der Waals surface area contributed by atoms with Crippen LogP contribution in [0.3, 0.4) is 0 Å². The van der Waals surface area contributed by atoms with Crippen molar-refractivity contribution in [3.05, 3.63) is 0 Å². The molecule has 13 heteroatoms. The van der Waals surface area contributed by atoms with Crippen molar-refractivity contribution in [3.8, 4) is 47.7 Å². The van der Waals surface area contributed by atoms with Gasteiger partial charge in [0.05, 0.1) is 49.3 Å². The first-order valence-corrected chi connectivity index (χ1v) is 41.3. The van der Waals surface area contributed by atoms with Gasteiger partial charge in [0, 0.05) is 14.5 Å². The first-order chi connectivity index (χ1) is 41.0. The molecule has 0 aliphatic rings. The SMILES string of the molecule is CCCCCCCCCCCCCC[P+](CCCCCC)(CCCCCC)CCCCCC.CCCCCCCCCCCCCC[P+](CCCCCC)(CCCCCC)CCCCCC.N#C[B-](C#N)(C#N)C#N.N#C[B-](C#N)(C#N)C#N.[Cl-]. The third-order valence-corrected chi connectivity index (χ3v) is 27.6. The van der Waals surface area contributed by atoms with Gasteiger partial charge in [0.15, 0.2) is 0 Å². The molecular weight excluding hydrogens is 1100 g/mol. The van der Waals surface area contributed by atoms with Crippen molar-refractivity contribution in [1.29, 1.82) is 42.1 Å². The van der Waals surface area contributed by atoms with Crippen LogP contribution in [0.4, 0.5) is 0 Å². The molecule has 0 aromatic rings. The van der Waals surface area contributed by atoms with E-state index in [4.69, 9.17) is 42.1 Å². The molecule has 0 saturated carbocycles. The number of hydrogen-bond donors (Lipinski definition) is 0. The number of hydrogen-bond acceptors (Lipinski definition) is 8. The molecule has 0 rings (SSSR count). The van der Waals surface area contributed by atoms with Crippen LogP contribution in [0, 0.1) is 89.8 Å². The molecule has 0 aromatic carbocycles. The smallest absolute Gasteiger partial charge is 0.383 e. The molecule has 0 bridgehead atoms. The summed E-state index contributed by atoms with van der Waals surface area (Å²) < 4.78 is 0. The average Bonchev–Trinajstić information content (AvgIpc) is 3.53. The largest absolute Gasteiger partial charge is 1.00 e. The highest BCUT2D eigenvalue weighted by molar-refractivity contribution is 7.76. The van der Waals surface area contributed by atoms with Crippen LogP contribution in [0.1, 0.15) is 364 Å². The fourth-order valence-electron chi connectivity index (χ4n) is 11.5. The molecule has 0 heterocycles. The zero-order valence-corrected chi connectivity index (χ0v) is 60.1. The fourth-order valence-corrected chi connectivity index (χ4v) is 21.3. The molecule has 8 nitrogen and oxygen atoms in total.